The first-order valence-corrected chi connectivity index (χ1v) is 6.97. The first-order chi connectivity index (χ1) is 10.7. The lowest BCUT2D eigenvalue weighted by atomic mass is 10.1. The molecule has 1 amide bonds. The lowest BCUT2D eigenvalue weighted by molar-refractivity contribution is -0.297. The molecule has 134 valence electrons. The van der Waals surface area contributed by atoms with Crippen LogP contribution in [0, 0.1) is 0 Å². The molecular weight excluding hydrogens is 414 g/mol. The number of aromatic nitrogens is 2. The van der Waals surface area contributed by atoms with Crippen molar-refractivity contribution in [2.75, 3.05) is 0 Å². The summed E-state index contributed by atoms with van der Waals surface area (Å²) < 4.78 is 77.4. The molecule has 0 fully saturated rings. The lowest BCUT2D eigenvalue weighted by Gasteiger charge is -2.32. The van der Waals surface area contributed by atoms with Crippen LogP contribution in [-0.2, 0) is 13.2 Å². The minimum atomic E-state index is -5.27. The number of alkyl halides is 6. The van der Waals surface area contributed by atoms with Crippen molar-refractivity contribution >= 4 is 27.5 Å². The summed E-state index contributed by atoms with van der Waals surface area (Å²) in [5.74, 6) is -1.62. The second kappa shape index (κ2) is 5.44. The third-order valence-electron chi connectivity index (χ3n) is 3.23. The summed E-state index contributed by atoms with van der Waals surface area (Å²) in [7, 11) is 0.874. The van der Waals surface area contributed by atoms with Crippen molar-refractivity contribution in [3.63, 3.8) is 0 Å². The summed E-state index contributed by atoms with van der Waals surface area (Å²) in [4.78, 5) is 12.3. The van der Waals surface area contributed by atoms with Crippen molar-refractivity contribution in [3.05, 3.63) is 15.9 Å². The van der Waals surface area contributed by atoms with Crippen LogP contribution in [0.1, 0.15) is 29.5 Å². The fourth-order valence-corrected chi connectivity index (χ4v) is 2.93. The van der Waals surface area contributed by atoms with Gasteiger partial charge in [-0.2, -0.15) is 41.6 Å². The van der Waals surface area contributed by atoms with Crippen LogP contribution in [0.25, 0.3) is 0 Å². The highest BCUT2D eigenvalue weighted by atomic mass is 79.9. The normalized spacial score (nSPS) is 22.1. The van der Waals surface area contributed by atoms with E-state index in [1.807, 2.05) is 0 Å². The average molecular weight is 423 g/mol. The Morgan fingerprint density at radius 3 is 2.25 bits per heavy atom. The highest BCUT2D eigenvalue weighted by Gasteiger charge is 2.63. The van der Waals surface area contributed by atoms with Crippen molar-refractivity contribution in [1.82, 2.24) is 14.8 Å². The summed E-state index contributed by atoms with van der Waals surface area (Å²) in [6.45, 7) is 1.14. The largest absolute Gasteiger partial charge is 0.438 e. The highest BCUT2D eigenvalue weighted by molar-refractivity contribution is 9.10. The fourth-order valence-electron chi connectivity index (χ4n) is 2.20. The second-order valence-electron chi connectivity index (χ2n) is 5.08. The van der Waals surface area contributed by atoms with Crippen molar-refractivity contribution in [1.29, 1.82) is 0 Å². The van der Waals surface area contributed by atoms with E-state index in [-0.39, 0.29) is 10.7 Å². The number of carbonyl (C=O) groups excluding carboxylic acids is 1. The number of halogens is 7. The minimum absolute atomic E-state index is 0.216. The number of aliphatic hydroxyl groups is 1. The number of hydrazone groups is 1. The summed E-state index contributed by atoms with van der Waals surface area (Å²) in [5, 5.41) is 16.1. The van der Waals surface area contributed by atoms with E-state index in [0.29, 0.717) is 4.68 Å². The second-order valence-corrected chi connectivity index (χ2v) is 5.87. The van der Waals surface area contributed by atoms with Gasteiger partial charge >= 0.3 is 12.4 Å². The van der Waals surface area contributed by atoms with Crippen LogP contribution in [0.4, 0.5) is 26.3 Å². The van der Waals surface area contributed by atoms with E-state index in [4.69, 9.17) is 0 Å². The summed E-state index contributed by atoms with van der Waals surface area (Å²) in [5.41, 5.74) is -6.18. The fraction of sp³-hybridized carbons (Fsp3) is 0.545. The van der Waals surface area contributed by atoms with Gasteiger partial charge in [0.15, 0.2) is 11.4 Å². The Morgan fingerprint density at radius 1 is 1.29 bits per heavy atom. The molecule has 24 heavy (non-hydrogen) atoms. The van der Waals surface area contributed by atoms with Gasteiger partial charge in [-0.1, -0.05) is 0 Å². The molecule has 1 aliphatic rings. The predicted octanol–water partition coefficient (Wildman–Crippen LogP) is 2.67. The van der Waals surface area contributed by atoms with Gasteiger partial charge in [0.2, 0.25) is 0 Å². The Balaban J connectivity index is 2.53. The molecular formula is C11H9BrF6N4O2. The van der Waals surface area contributed by atoms with Crippen LogP contribution in [0.3, 0.4) is 0 Å². The van der Waals surface area contributed by atoms with Crippen molar-refractivity contribution in [2.24, 2.45) is 12.1 Å². The molecule has 0 unspecified atom stereocenters. The molecule has 0 aliphatic carbocycles. The molecule has 2 rings (SSSR count). The molecule has 0 aromatic carbocycles. The highest BCUT2D eigenvalue weighted by Crippen LogP contribution is 2.42. The van der Waals surface area contributed by atoms with Gasteiger partial charge in [-0.25, -0.2) is 0 Å². The zero-order valence-corrected chi connectivity index (χ0v) is 13.6. The van der Waals surface area contributed by atoms with Crippen LogP contribution in [0.2, 0.25) is 0 Å². The number of nitrogens with zero attached hydrogens (tertiary/aromatic N) is 4. The zero-order chi connectivity index (χ0) is 18.7. The standard InChI is InChI=1S/C11H9BrF6N4O2/c1-4-3-9(24,11(16,17)18)22(19-4)8(23)6-5(12)7(10(13,14)15)21(2)20-6/h24H,3H2,1-2H3/t9-/m0/s1. The first kappa shape index (κ1) is 18.7. The summed E-state index contributed by atoms with van der Waals surface area (Å²) >= 11 is 2.53. The lowest BCUT2D eigenvalue weighted by Crippen LogP contribution is -2.56. The van der Waals surface area contributed by atoms with Crippen LogP contribution in [-0.4, -0.2) is 43.4 Å². The first-order valence-electron chi connectivity index (χ1n) is 6.17. The Morgan fingerprint density at radius 2 is 1.83 bits per heavy atom. The molecule has 0 radical (unpaired) electrons. The molecule has 1 aromatic rings. The number of amides is 1. The summed E-state index contributed by atoms with van der Waals surface area (Å²) in [6.07, 6.45) is -11.2. The van der Waals surface area contributed by atoms with Gasteiger partial charge in [0, 0.05) is 19.2 Å². The van der Waals surface area contributed by atoms with Crippen molar-refractivity contribution in [3.8, 4) is 0 Å². The number of hydrogen-bond acceptors (Lipinski definition) is 4. The topological polar surface area (TPSA) is 70.7 Å². The minimum Gasteiger partial charge on any atom is -0.362 e. The Labute approximate surface area is 138 Å². The van der Waals surface area contributed by atoms with Crippen LogP contribution >= 0.6 is 15.9 Å². The van der Waals surface area contributed by atoms with Gasteiger partial charge in [-0.3, -0.25) is 9.48 Å². The molecule has 0 saturated heterocycles. The van der Waals surface area contributed by atoms with Crippen molar-refractivity contribution < 1.29 is 36.2 Å². The molecule has 1 atom stereocenters. The molecule has 0 spiro atoms. The maximum absolute atomic E-state index is 13.1. The maximum Gasteiger partial charge on any atom is 0.438 e. The van der Waals surface area contributed by atoms with Gasteiger partial charge in [0.05, 0.1) is 4.47 Å². The van der Waals surface area contributed by atoms with E-state index in [1.54, 1.807) is 0 Å². The third-order valence-corrected chi connectivity index (χ3v) is 3.98. The van der Waals surface area contributed by atoms with Gasteiger partial charge < -0.3 is 5.11 Å². The van der Waals surface area contributed by atoms with E-state index in [2.05, 4.69) is 26.1 Å². The molecule has 13 heteroatoms. The molecule has 0 saturated carbocycles. The number of rotatable bonds is 1. The van der Waals surface area contributed by atoms with Gasteiger partial charge in [-0.05, 0) is 22.9 Å². The van der Waals surface area contributed by atoms with Gasteiger partial charge in [0.1, 0.15) is 0 Å². The molecule has 1 aromatic heterocycles. The Bertz CT molecular complexity index is 725. The van der Waals surface area contributed by atoms with Crippen LogP contribution in [0.15, 0.2) is 9.57 Å². The van der Waals surface area contributed by atoms with Gasteiger partial charge in [0.25, 0.3) is 11.6 Å². The van der Waals surface area contributed by atoms with Crippen LogP contribution < -0.4 is 0 Å². The number of carbonyl (C=O) groups is 1. The molecule has 2 heterocycles. The van der Waals surface area contributed by atoms with Crippen LogP contribution in [0.5, 0.6) is 0 Å². The smallest absolute Gasteiger partial charge is 0.362 e. The number of aryl methyl sites for hydroxylation is 1. The van der Waals surface area contributed by atoms with Gasteiger partial charge in [-0.15, -0.1) is 0 Å². The van der Waals surface area contributed by atoms with E-state index >= 15 is 0 Å². The third kappa shape index (κ3) is 2.79. The number of hydrogen-bond donors (Lipinski definition) is 1. The SMILES string of the molecule is CC1=NN(C(=O)c2nn(C)c(C(F)(F)F)c2Br)[C@@](O)(C(F)(F)F)C1. The zero-order valence-electron chi connectivity index (χ0n) is 12.0. The van der Waals surface area contributed by atoms with E-state index in [1.165, 1.54) is 0 Å². The maximum atomic E-state index is 13.1. The predicted molar refractivity (Wildman–Crippen MR) is 70.8 cm³/mol. The van der Waals surface area contributed by atoms with Crippen molar-refractivity contribution in [2.45, 2.75) is 31.4 Å². The van der Waals surface area contributed by atoms with E-state index in [9.17, 15) is 36.2 Å². The molecule has 1 aliphatic heterocycles. The quantitative estimate of drug-likeness (QED) is 0.707. The average Bonchev–Trinajstić information content (AvgIpc) is 2.84. The summed E-state index contributed by atoms with van der Waals surface area (Å²) in [6, 6.07) is 0. The molecule has 6 nitrogen and oxygen atoms in total. The molecule has 1 N–H and O–H groups in total. The van der Waals surface area contributed by atoms with E-state index < -0.39 is 46.3 Å². The monoisotopic (exact) mass is 422 g/mol. The van der Waals surface area contributed by atoms with E-state index in [0.717, 1.165) is 14.0 Å². The Hall–Kier alpha value is -1.63. The Kier molecular flexibility index (Phi) is 4.24. The molecule has 0 bridgehead atoms.